The van der Waals surface area contributed by atoms with E-state index in [1.54, 1.807) is 24.7 Å². The fourth-order valence-corrected chi connectivity index (χ4v) is 4.18. The van der Waals surface area contributed by atoms with E-state index >= 15 is 0 Å². The van der Waals surface area contributed by atoms with Gasteiger partial charge in [0.05, 0.1) is 18.3 Å². The summed E-state index contributed by atoms with van der Waals surface area (Å²) in [6.07, 6.45) is 7.01. The van der Waals surface area contributed by atoms with Gasteiger partial charge in [0, 0.05) is 24.8 Å². The average Bonchev–Trinajstić information content (AvgIpc) is 3.49. The molecule has 0 spiro atoms. The molecule has 4 heterocycles. The van der Waals surface area contributed by atoms with Gasteiger partial charge >= 0.3 is 6.01 Å². The Balaban J connectivity index is 1.28. The van der Waals surface area contributed by atoms with Crippen molar-refractivity contribution in [3.05, 3.63) is 95.1 Å². The molecule has 0 aliphatic heterocycles. The third kappa shape index (κ3) is 4.31. The number of hydrogen-bond donors (Lipinski definition) is 0. The Kier molecular flexibility index (Phi) is 5.51. The van der Waals surface area contributed by atoms with Crippen LogP contribution in [0.1, 0.15) is 27.7 Å². The van der Waals surface area contributed by atoms with Gasteiger partial charge in [0.1, 0.15) is 27.9 Å². The standard InChI is InChI=1S/C23H17N7OS/c24-13-18(21-28-20-3-1-9-25-22(20)32-21)19-8-11-26-23(29-19)31-15-17-6-4-16(5-7-17)14-30-12-2-10-27-30/h1-12,18H,14-15H2. The lowest BCUT2D eigenvalue weighted by atomic mass is 10.1. The van der Waals surface area contributed by atoms with Crippen LogP contribution in [0, 0.1) is 11.3 Å². The van der Waals surface area contributed by atoms with Gasteiger partial charge in [-0.3, -0.25) is 4.68 Å². The molecule has 0 radical (unpaired) electrons. The first-order valence-corrected chi connectivity index (χ1v) is 10.7. The van der Waals surface area contributed by atoms with Crippen molar-refractivity contribution in [2.24, 2.45) is 0 Å². The molecule has 32 heavy (non-hydrogen) atoms. The molecule has 0 saturated heterocycles. The molecule has 0 N–H and O–H groups in total. The van der Waals surface area contributed by atoms with Gasteiger partial charge in [0.2, 0.25) is 0 Å². The second kappa shape index (κ2) is 8.91. The number of nitrogens with zero attached hydrogens (tertiary/aromatic N) is 7. The molecule has 5 rings (SSSR count). The van der Waals surface area contributed by atoms with Gasteiger partial charge in [-0.2, -0.15) is 15.3 Å². The van der Waals surface area contributed by atoms with Crippen molar-refractivity contribution in [3.8, 4) is 12.1 Å². The Labute approximate surface area is 187 Å². The van der Waals surface area contributed by atoms with Crippen LogP contribution in [0.15, 0.2) is 73.3 Å². The van der Waals surface area contributed by atoms with Gasteiger partial charge in [0.15, 0.2) is 0 Å². The summed E-state index contributed by atoms with van der Waals surface area (Å²) in [5, 5.41) is 14.6. The van der Waals surface area contributed by atoms with E-state index in [1.165, 1.54) is 11.3 Å². The fraction of sp³-hybridized carbons (Fsp3) is 0.130. The highest BCUT2D eigenvalue weighted by Crippen LogP contribution is 2.30. The molecular weight excluding hydrogens is 422 g/mol. The highest BCUT2D eigenvalue weighted by Gasteiger charge is 2.21. The summed E-state index contributed by atoms with van der Waals surface area (Å²) < 4.78 is 7.66. The van der Waals surface area contributed by atoms with E-state index in [4.69, 9.17) is 4.74 Å². The summed E-state index contributed by atoms with van der Waals surface area (Å²) >= 11 is 1.39. The van der Waals surface area contributed by atoms with Crippen LogP contribution in [-0.4, -0.2) is 29.7 Å². The zero-order valence-electron chi connectivity index (χ0n) is 16.9. The summed E-state index contributed by atoms with van der Waals surface area (Å²) in [6, 6.07) is 17.9. The SMILES string of the molecule is N#CC(c1ccnc(OCc2ccc(Cn3cccn3)cc2)n1)c1nc2cccnc2s1. The van der Waals surface area contributed by atoms with E-state index in [9.17, 15) is 5.26 Å². The molecule has 0 saturated carbocycles. The third-order valence-corrected chi connectivity index (χ3v) is 5.85. The predicted octanol–water partition coefficient (Wildman–Crippen LogP) is 3.96. The molecule has 0 aliphatic carbocycles. The van der Waals surface area contributed by atoms with Crippen molar-refractivity contribution in [1.82, 2.24) is 29.7 Å². The Morgan fingerprint density at radius 3 is 2.62 bits per heavy atom. The highest BCUT2D eigenvalue weighted by atomic mass is 32.1. The van der Waals surface area contributed by atoms with Crippen molar-refractivity contribution in [3.63, 3.8) is 0 Å². The molecule has 0 bridgehead atoms. The normalized spacial score (nSPS) is 11.8. The minimum Gasteiger partial charge on any atom is -0.459 e. The first-order valence-electron chi connectivity index (χ1n) is 9.90. The summed E-state index contributed by atoms with van der Waals surface area (Å²) in [5.41, 5.74) is 3.47. The van der Waals surface area contributed by atoms with Crippen LogP contribution < -0.4 is 4.74 Å². The number of nitriles is 1. The van der Waals surface area contributed by atoms with Crippen LogP contribution in [0.3, 0.4) is 0 Å². The molecule has 8 nitrogen and oxygen atoms in total. The maximum Gasteiger partial charge on any atom is 0.316 e. The number of rotatable bonds is 7. The van der Waals surface area contributed by atoms with Crippen LogP contribution >= 0.6 is 11.3 Å². The number of pyridine rings is 1. The number of benzene rings is 1. The van der Waals surface area contributed by atoms with Gasteiger partial charge in [-0.1, -0.05) is 35.6 Å². The van der Waals surface area contributed by atoms with Crippen LogP contribution in [0.2, 0.25) is 0 Å². The molecule has 9 heteroatoms. The fourth-order valence-electron chi connectivity index (χ4n) is 3.21. The Bertz CT molecular complexity index is 1340. The van der Waals surface area contributed by atoms with Crippen molar-refractivity contribution in [1.29, 1.82) is 5.26 Å². The Morgan fingerprint density at radius 1 is 0.969 bits per heavy atom. The van der Waals surface area contributed by atoms with Crippen LogP contribution in [0.5, 0.6) is 6.01 Å². The average molecular weight is 440 g/mol. The molecule has 4 aromatic heterocycles. The molecule has 1 atom stereocenters. The third-order valence-electron chi connectivity index (χ3n) is 4.80. The zero-order valence-corrected chi connectivity index (χ0v) is 17.7. The summed E-state index contributed by atoms with van der Waals surface area (Å²) in [4.78, 5) is 18.3. The lowest BCUT2D eigenvalue weighted by Gasteiger charge is -2.09. The number of fused-ring (bicyclic) bond motifs is 1. The zero-order chi connectivity index (χ0) is 21.8. The second-order valence-electron chi connectivity index (χ2n) is 7.01. The van der Waals surface area contributed by atoms with Gasteiger partial charge in [0.25, 0.3) is 0 Å². The lowest BCUT2D eigenvalue weighted by Crippen LogP contribution is -2.05. The number of aromatic nitrogens is 6. The van der Waals surface area contributed by atoms with Gasteiger partial charge in [-0.25, -0.2) is 15.0 Å². The first-order chi connectivity index (χ1) is 15.8. The molecule has 0 amide bonds. The second-order valence-corrected chi connectivity index (χ2v) is 8.02. The van der Waals surface area contributed by atoms with Crippen molar-refractivity contribution in [2.75, 3.05) is 0 Å². The molecule has 1 aromatic carbocycles. The smallest absolute Gasteiger partial charge is 0.316 e. The number of thiazole rings is 1. The molecular formula is C23H17N7OS. The molecule has 5 aromatic rings. The van der Waals surface area contributed by atoms with E-state index in [0.717, 1.165) is 28.0 Å². The first kappa shape index (κ1) is 19.8. The Morgan fingerprint density at radius 2 is 1.84 bits per heavy atom. The van der Waals surface area contributed by atoms with Crippen LogP contribution in [-0.2, 0) is 13.2 Å². The maximum absolute atomic E-state index is 9.76. The maximum atomic E-state index is 9.76. The molecule has 0 fully saturated rings. The van der Waals surface area contributed by atoms with Gasteiger partial charge < -0.3 is 4.74 Å². The van der Waals surface area contributed by atoms with Crippen molar-refractivity contribution in [2.45, 2.75) is 19.1 Å². The lowest BCUT2D eigenvalue weighted by molar-refractivity contribution is 0.279. The van der Waals surface area contributed by atoms with E-state index in [0.29, 0.717) is 17.3 Å². The minimum absolute atomic E-state index is 0.225. The highest BCUT2D eigenvalue weighted by molar-refractivity contribution is 7.18. The predicted molar refractivity (Wildman–Crippen MR) is 119 cm³/mol. The summed E-state index contributed by atoms with van der Waals surface area (Å²) in [7, 11) is 0. The summed E-state index contributed by atoms with van der Waals surface area (Å²) in [6.45, 7) is 1.05. The topological polar surface area (TPSA) is 102 Å². The van der Waals surface area contributed by atoms with Crippen LogP contribution in [0.25, 0.3) is 10.3 Å². The van der Waals surface area contributed by atoms with Gasteiger partial charge in [-0.15, -0.1) is 0 Å². The van der Waals surface area contributed by atoms with E-state index in [2.05, 4.69) is 31.1 Å². The number of ether oxygens (including phenoxy) is 1. The number of hydrogen-bond acceptors (Lipinski definition) is 8. The van der Waals surface area contributed by atoms with Gasteiger partial charge in [-0.05, 0) is 35.4 Å². The van der Waals surface area contributed by atoms with E-state index in [-0.39, 0.29) is 6.01 Å². The molecule has 1 unspecified atom stereocenters. The van der Waals surface area contributed by atoms with E-state index in [1.807, 2.05) is 53.3 Å². The summed E-state index contributed by atoms with van der Waals surface area (Å²) in [5.74, 6) is -0.610. The van der Waals surface area contributed by atoms with Crippen LogP contribution in [0.4, 0.5) is 0 Å². The largest absolute Gasteiger partial charge is 0.459 e. The monoisotopic (exact) mass is 439 g/mol. The van der Waals surface area contributed by atoms with Crippen molar-refractivity contribution >= 4 is 21.7 Å². The Hall–Kier alpha value is -4.16. The quantitative estimate of drug-likeness (QED) is 0.378. The molecule has 156 valence electrons. The van der Waals surface area contributed by atoms with Crippen molar-refractivity contribution < 1.29 is 4.74 Å². The molecule has 0 aliphatic rings. The van der Waals surface area contributed by atoms with E-state index < -0.39 is 5.92 Å². The minimum atomic E-state index is -0.610.